The van der Waals surface area contributed by atoms with Gasteiger partial charge >= 0.3 is 5.69 Å². The zero-order valence-corrected chi connectivity index (χ0v) is 21.1. The Hall–Kier alpha value is -1.98. The Balaban J connectivity index is 1.77. The highest BCUT2D eigenvalue weighted by Crippen LogP contribution is 2.25. The molecule has 4 rings (SSSR count). The molecular formula is C22H24BrClN4O4S. The Morgan fingerprint density at radius 3 is 2.61 bits per heavy atom. The Bertz CT molecular complexity index is 1450. The lowest BCUT2D eigenvalue weighted by molar-refractivity contribution is 0.326. The summed E-state index contributed by atoms with van der Waals surface area (Å²) in [4.78, 5) is 31.1. The van der Waals surface area contributed by atoms with E-state index >= 15 is 0 Å². The molecule has 176 valence electrons. The normalized spacial score (nSPS) is 17.2. The van der Waals surface area contributed by atoms with Crippen molar-refractivity contribution in [3.8, 4) is 0 Å². The van der Waals surface area contributed by atoms with Crippen molar-refractivity contribution in [2.45, 2.75) is 37.4 Å². The SMILES string of the molecule is CCS(=O)(=O)c1ccc(Cl)cc1Cn1c(=O)[nH]c2cc(CN3CCC(N)C3)c(Br)cc2c1=O. The van der Waals surface area contributed by atoms with Crippen molar-refractivity contribution < 1.29 is 8.42 Å². The van der Waals surface area contributed by atoms with Gasteiger partial charge < -0.3 is 10.7 Å². The van der Waals surface area contributed by atoms with E-state index in [4.69, 9.17) is 17.3 Å². The zero-order valence-electron chi connectivity index (χ0n) is 18.0. The van der Waals surface area contributed by atoms with E-state index in [9.17, 15) is 18.0 Å². The second-order valence-electron chi connectivity index (χ2n) is 8.25. The fourth-order valence-corrected chi connectivity index (χ4v) is 5.90. The summed E-state index contributed by atoms with van der Waals surface area (Å²) in [5, 5.41) is 0.643. The first-order chi connectivity index (χ1) is 15.6. The van der Waals surface area contributed by atoms with Gasteiger partial charge in [0, 0.05) is 35.2 Å². The first-order valence-electron chi connectivity index (χ1n) is 10.5. The van der Waals surface area contributed by atoms with E-state index in [0.717, 1.165) is 34.1 Å². The molecule has 0 aliphatic carbocycles. The molecule has 1 fully saturated rings. The summed E-state index contributed by atoms with van der Waals surface area (Å²) in [6, 6.07) is 8.00. The quantitative estimate of drug-likeness (QED) is 0.482. The van der Waals surface area contributed by atoms with Crippen LogP contribution in [-0.4, -0.2) is 47.8 Å². The largest absolute Gasteiger partial charge is 0.329 e. The number of rotatable bonds is 6. The van der Waals surface area contributed by atoms with Crippen molar-refractivity contribution in [2.75, 3.05) is 18.8 Å². The standard InChI is InChI=1S/C22H24BrClN4O4S/c1-2-33(31,32)20-4-3-15(24)7-14(20)11-28-21(29)17-9-18(23)13(8-19(17)26-22(28)30)10-27-6-5-16(25)12-27/h3-4,7-9,16H,2,5-6,10-12,25H2,1H3,(H,26,30). The summed E-state index contributed by atoms with van der Waals surface area (Å²) in [5.41, 5.74) is 6.52. The van der Waals surface area contributed by atoms with Gasteiger partial charge in [0.15, 0.2) is 9.84 Å². The number of nitrogens with two attached hydrogens (primary N) is 1. The van der Waals surface area contributed by atoms with Crippen LogP contribution in [-0.2, 0) is 22.9 Å². The van der Waals surface area contributed by atoms with Crippen LogP contribution in [0.4, 0.5) is 0 Å². The Labute approximate surface area is 204 Å². The number of benzene rings is 2. The third kappa shape index (κ3) is 4.95. The average molecular weight is 556 g/mol. The average Bonchev–Trinajstić information content (AvgIpc) is 3.17. The molecule has 1 saturated heterocycles. The van der Waals surface area contributed by atoms with Gasteiger partial charge in [-0.25, -0.2) is 13.2 Å². The molecule has 0 radical (unpaired) electrons. The molecule has 1 aliphatic rings. The number of likely N-dealkylation sites (tertiary alicyclic amines) is 1. The lowest BCUT2D eigenvalue weighted by atomic mass is 10.1. The molecule has 2 aromatic carbocycles. The maximum Gasteiger partial charge on any atom is 0.329 e. The molecule has 0 saturated carbocycles. The van der Waals surface area contributed by atoms with E-state index in [1.54, 1.807) is 12.1 Å². The first kappa shape index (κ1) is 24.2. The summed E-state index contributed by atoms with van der Waals surface area (Å²) < 4.78 is 26.8. The van der Waals surface area contributed by atoms with E-state index in [1.807, 2.05) is 0 Å². The van der Waals surface area contributed by atoms with Gasteiger partial charge in [0.2, 0.25) is 0 Å². The van der Waals surface area contributed by atoms with Crippen molar-refractivity contribution in [3.05, 3.63) is 71.8 Å². The van der Waals surface area contributed by atoms with E-state index in [1.165, 1.54) is 25.1 Å². The van der Waals surface area contributed by atoms with Crippen LogP contribution in [0.25, 0.3) is 10.9 Å². The Morgan fingerprint density at radius 2 is 1.94 bits per heavy atom. The van der Waals surface area contributed by atoms with E-state index in [-0.39, 0.29) is 28.8 Å². The van der Waals surface area contributed by atoms with Gasteiger partial charge in [0.05, 0.1) is 28.1 Å². The van der Waals surface area contributed by atoms with Crippen LogP contribution >= 0.6 is 27.5 Å². The minimum absolute atomic E-state index is 0.0566. The number of hydrogen-bond donors (Lipinski definition) is 2. The molecule has 0 amide bonds. The number of H-pyrrole nitrogens is 1. The minimum atomic E-state index is -3.57. The fourth-order valence-electron chi connectivity index (χ4n) is 4.13. The van der Waals surface area contributed by atoms with Crippen molar-refractivity contribution in [1.82, 2.24) is 14.5 Å². The molecule has 1 unspecified atom stereocenters. The number of nitrogens with zero attached hydrogens (tertiary/aromatic N) is 2. The topological polar surface area (TPSA) is 118 Å². The molecule has 1 aromatic heterocycles. The van der Waals surface area contributed by atoms with Crippen molar-refractivity contribution in [3.63, 3.8) is 0 Å². The molecular weight excluding hydrogens is 532 g/mol. The number of fused-ring (bicyclic) bond motifs is 1. The zero-order chi connectivity index (χ0) is 23.9. The number of halogens is 2. The van der Waals surface area contributed by atoms with Crippen molar-refractivity contribution in [1.29, 1.82) is 0 Å². The second-order valence-corrected chi connectivity index (χ2v) is 11.8. The predicted molar refractivity (Wildman–Crippen MR) is 133 cm³/mol. The van der Waals surface area contributed by atoms with Gasteiger partial charge in [-0.3, -0.25) is 14.3 Å². The van der Waals surface area contributed by atoms with Crippen LogP contribution in [0.2, 0.25) is 5.02 Å². The number of hydrogen-bond acceptors (Lipinski definition) is 6. The van der Waals surface area contributed by atoms with Gasteiger partial charge in [-0.2, -0.15) is 0 Å². The predicted octanol–water partition coefficient (Wildman–Crippen LogP) is 2.48. The van der Waals surface area contributed by atoms with Gasteiger partial charge in [-0.15, -0.1) is 0 Å². The molecule has 1 atom stereocenters. The summed E-state index contributed by atoms with van der Waals surface area (Å²) >= 11 is 9.63. The molecule has 1 aliphatic heterocycles. The summed E-state index contributed by atoms with van der Waals surface area (Å²) in [6.45, 7) is 3.66. The van der Waals surface area contributed by atoms with Crippen molar-refractivity contribution in [2.24, 2.45) is 5.73 Å². The van der Waals surface area contributed by atoms with Gasteiger partial charge in [0.25, 0.3) is 5.56 Å². The highest BCUT2D eigenvalue weighted by molar-refractivity contribution is 9.10. The van der Waals surface area contributed by atoms with Crippen LogP contribution in [0.5, 0.6) is 0 Å². The van der Waals surface area contributed by atoms with Gasteiger partial charge in [-0.1, -0.05) is 34.5 Å². The van der Waals surface area contributed by atoms with Crippen LogP contribution in [0.15, 0.2) is 49.3 Å². The monoisotopic (exact) mass is 554 g/mol. The third-order valence-corrected chi connectivity index (χ3v) is 8.72. The summed E-state index contributed by atoms with van der Waals surface area (Å²) in [7, 11) is -3.57. The molecule has 3 N–H and O–H groups in total. The van der Waals surface area contributed by atoms with E-state index in [2.05, 4.69) is 25.8 Å². The molecule has 0 spiro atoms. The molecule has 0 bridgehead atoms. The maximum atomic E-state index is 13.2. The number of sulfone groups is 1. The maximum absolute atomic E-state index is 13.2. The van der Waals surface area contributed by atoms with E-state index in [0.29, 0.717) is 22.5 Å². The smallest absolute Gasteiger partial charge is 0.326 e. The van der Waals surface area contributed by atoms with Gasteiger partial charge in [-0.05, 0) is 47.9 Å². The Kier molecular flexibility index (Phi) is 6.84. The molecule has 8 nitrogen and oxygen atoms in total. The minimum Gasteiger partial charge on any atom is -0.326 e. The van der Waals surface area contributed by atoms with Gasteiger partial charge in [0.1, 0.15) is 0 Å². The second kappa shape index (κ2) is 9.34. The molecule has 3 aromatic rings. The number of aromatic nitrogens is 2. The lowest BCUT2D eigenvalue weighted by Crippen LogP contribution is -2.36. The van der Waals surface area contributed by atoms with Crippen LogP contribution in [0, 0.1) is 0 Å². The van der Waals surface area contributed by atoms with Crippen LogP contribution in [0.1, 0.15) is 24.5 Å². The summed E-state index contributed by atoms with van der Waals surface area (Å²) in [6.07, 6.45) is 0.936. The third-order valence-electron chi connectivity index (χ3n) is 5.92. The molecule has 2 heterocycles. The van der Waals surface area contributed by atoms with E-state index < -0.39 is 21.1 Å². The van der Waals surface area contributed by atoms with Crippen molar-refractivity contribution >= 4 is 48.3 Å². The number of nitrogens with one attached hydrogen (secondary N) is 1. The lowest BCUT2D eigenvalue weighted by Gasteiger charge is -2.17. The molecule has 33 heavy (non-hydrogen) atoms. The van der Waals surface area contributed by atoms with Crippen LogP contribution < -0.4 is 17.0 Å². The first-order valence-corrected chi connectivity index (χ1v) is 13.4. The number of aromatic amines is 1. The highest BCUT2D eigenvalue weighted by Gasteiger charge is 2.22. The highest BCUT2D eigenvalue weighted by atomic mass is 79.9. The van der Waals surface area contributed by atoms with Crippen LogP contribution in [0.3, 0.4) is 0 Å². The molecule has 11 heteroatoms. The summed E-state index contributed by atoms with van der Waals surface area (Å²) in [5.74, 6) is -0.109. The Morgan fingerprint density at radius 1 is 1.18 bits per heavy atom. The fraction of sp³-hybridized carbons (Fsp3) is 0.364.